The van der Waals surface area contributed by atoms with E-state index in [1.165, 1.54) is 0 Å². The van der Waals surface area contributed by atoms with Gasteiger partial charge in [0.2, 0.25) is 0 Å². The summed E-state index contributed by atoms with van der Waals surface area (Å²) < 4.78 is 10.5. The van der Waals surface area contributed by atoms with Crippen molar-refractivity contribution >= 4 is 17.8 Å². The van der Waals surface area contributed by atoms with E-state index in [4.69, 9.17) is 9.47 Å². The molecule has 21 heavy (non-hydrogen) atoms. The van der Waals surface area contributed by atoms with E-state index in [2.05, 4.69) is 4.99 Å². The van der Waals surface area contributed by atoms with E-state index in [1.807, 2.05) is 41.5 Å². The molecule has 0 saturated carbocycles. The van der Waals surface area contributed by atoms with Crippen LogP contribution in [0.3, 0.4) is 0 Å². The van der Waals surface area contributed by atoms with E-state index in [0.717, 1.165) is 5.71 Å². The summed E-state index contributed by atoms with van der Waals surface area (Å²) in [7, 11) is 0. The molecule has 1 fully saturated rings. The van der Waals surface area contributed by atoms with E-state index in [9.17, 15) is 9.59 Å². The Kier molecular flexibility index (Phi) is 5.36. The number of carbonyl (C=O) groups is 2. The van der Waals surface area contributed by atoms with Crippen molar-refractivity contribution < 1.29 is 19.1 Å². The molecule has 6 nitrogen and oxygen atoms in total. The van der Waals surface area contributed by atoms with Crippen molar-refractivity contribution in [1.82, 2.24) is 4.90 Å². The lowest BCUT2D eigenvalue weighted by molar-refractivity contribution is -0.152. The van der Waals surface area contributed by atoms with Crippen LogP contribution in [0.2, 0.25) is 0 Å². The highest BCUT2D eigenvalue weighted by Crippen LogP contribution is 2.14. The van der Waals surface area contributed by atoms with Crippen LogP contribution in [-0.4, -0.2) is 53.5 Å². The summed E-state index contributed by atoms with van der Waals surface area (Å²) in [6, 6.07) is 0. The monoisotopic (exact) mass is 298 g/mol. The van der Waals surface area contributed by atoms with Gasteiger partial charge in [-0.15, -0.1) is 0 Å². The second-order valence-corrected chi connectivity index (χ2v) is 7.12. The summed E-state index contributed by atoms with van der Waals surface area (Å²) in [6.45, 7) is 11.9. The van der Waals surface area contributed by atoms with Gasteiger partial charge in [-0.1, -0.05) is 0 Å². The zero-order valence-corrected chi connectivity index (χ0v) is 13.9. The van der Waals surface area contributed by atoms with E-state index in [-0.39, 0.29) is 18.6 Å². The van der Waals surface area contributed by atoms with Crippen LogP contribution in [0.4, 0.5) is 4.79 Å². The number of carbonyl (C=O) groups excluding carboxylic acids is 2. The molecular weight excluding hydrogens is 272 g/mol. The van der Waals surface area contributed by atoms with E-state index >= 15 is 0 Å². The fourth-order valence-electron chi connectivity index (χ4n) is 1.80. The first-order chi connectivity index (χ1) is 9.46. The molecule has 1 aliphatic rings. The van der Waals surface area contributed by atoms with Gasteiger partial charge in [-0.25, -0.2) is 4.79 Å². The highest BCUT2D eigenvalue weighted by molar-refractivity contribution is 5.93. The van der Waals surface area contributed by atoms with Crippen LogP contribution >= 0.6 is 0 Å². The molecule has 0 aromatic carbocycles. The number of rotatable bonds is 2. The predicted molar refractivity (Wildman–Crippen MR) is 80.6 cm³/mol. The first-order valence-corrected chi connectivity index (χ1v) is 7.18. The number of likely N-dealkylation sites (tertiary alicyclic amines) is 1. The average Bonchev–Trinajstić information content (AvgIpc) is 2.70. The highest BCUT2D eigenvalue weighted by atomic mass is 16.6. The van der Waals surface area contributed by atoms with E-state index in [0.29, 0.717) is 19.5 Å². The zero-order chi connectivity index (χ0) is 16.3. The molecule has 1 saturated heterocycles. The Morgan fingerprint density at radius 2 is 1.67 bits per heavy atom. The zero-order valence-electron chi connectivity index (χ0n) is 13.9. The largest absolute Gasteiger partial charge is 0.459 e. The molecule has 0 bridgehead atoms. The lowest BCUT2D eigenvalue weighted by Crippen LogP contribution is -2.35. The fraction of sp³-hybridized carbons (Fsp3) is 0.800. The molecule has 0 spiro atoms. The molecular formula is C15H26N2O4. The van der Waals surface area contributed by atoms with Gasteiger partial charge in [0, 0.05) is 18.7 Å². The maximum atomic E-state index is 11.9. The van der Waals surface area contributed by atoms with Crippen LogP contribution in [0.25, 0.3) is 0 Å². The normalized spacial score (nSPS) is 18.0. The van der Waals surface area contributed by atoms with Crippen LogP contribution in [0.5, 0.6) is 0 Å². The van der Waals surface area contributed by atoms with Crippen molar-refractivity contribution in [2.75, 3.05) is 19.6 Å². The van der Waals surface area contributed by atoms with Gasteiger partial charge < -0.3 is 14.4 Å². The summed E-state index contributed by atoms with van der Waals surface area (Å²) in [4.78, 5) is 29.3. The molecule has 1 aliphatic heterocycles. The minimum atomic E-state index is -0.506. The third kappa shape index (κ3) is 7.11. The smallest absolute Gasteiger partial charge is 0.410 e. The molecule has 0 N–H and O–H groups in total. The molecule has 0 atom stereocenters. The third-order valence-corrected chi connectivity index (χ3v) is 2.55. The van der Waals surface area contributed by atoms with Gasteiger partial charge in [0.05, 0.1) is 6.54 Å². The number of amides is 1. The van der Waals surface area contributed by atoms with Crippen LogP contribution in [0.15, 0.2) is 4.99 Å². The Hall–Kier alpha value is -1.59. The van der Waals surface area contributed by atoms with Crippen molar-refractivity contribution in [2.45, 2.75) is 59.2 Å². The quantitative estimate of drug-likeness (QED) is 0.734. The minimum Gasteiger partial charge on any atom is -0.459 e. The summed E-state index contributed by atoms with van der Waals surface area (Å²) in [5.41, 5.74) is -0.185. The molecule has 0 radical (unpaired) electrons. The summed E-state index contributed by atoms with van der Waals surface area (Å²) in [6.07, 6.45) is 0.326. The van der Waals surface area contributed by atoms with E-state index in [1.54, 1.807) is 4.90 Å². The number of hydrogen-bond donors (Lipinski definition) is 0. The molecule has 1 heterocycles. The van der Waals surface area contributed by atoms with Crippen molar-refractivity contribution in [1.29, 1.82) is 0 Å². The standard InChI is InChI=1S/C15H26N2O4/c1-14(2,3)20-12(18)9-16-11-7-8-17(10-11)13(19)21-15(4,5)6/h7-10H2,1-6H3. The van der Waals surface area contributed by atoms with Gasteiger partial charge in [-0.3, -0.25) is 9.79 Å². The van der Waals surface area contributed by atoms with Gasteiger partial charge in [0.25, 0.3) is 0 Å². The third-order valence-electron chi connectivity index (χ3n) is 2.55. The number of aliphatic imine (C=N–C) groups is 1. The molecule has 0 aromatic heterocycles. The molecule has 120 valence electrons. The molecule has 0 aromatic rings. The van der Waals surface area contributed by atoms with Gasteiger partial charge in [0.1, 0.15) is 17.7 Å². The summed E-state index contributed by atoms with van der Waals surface area (Å²) in [5, 5.41) is 0. The summed E-state index contributed by atoms with van der Waals surface area (Å²) >= 11 is 0. The Morgan fingerprint density at radius 3 is 2.19 bits per heavy atom. The van der Waals surface area contributed by atoms with Crippen molar-refractivity contribution in [3.63, 3.8) is 0 Å². The second kappa shape index (κ2) is 6.45. The highest BCUT2D eigenvalue weighted by Gasteiger charge is 2.27. The van der Waals surface area contributed by atoms with Crippen molar-refractivity contribution in [2.24, 2.45) is 4.99 Å². The number of ether oxygens (including phenoxy) is 2. The SMILES string of the molecule is CC(C)(C)OC(=O)CN=C1CCN(C(=O)OC(C)(C)C)C1. The Labute approximate surface area is 126 Å². The maximum Gasteiger partial charge on any atom is 0.410 e. The van der Waals surface area contributed by atoms with Crippen LogP contribution in [-0.2, 0) is 14.3 Å². The average molecular weight is 298 g/mol. The van der Waals surface area contributed by atoms with Crippen LogP contribution < -0.4 is 0 Å². The Bertz CT molecular complexity index is 430. The second-order valence-electron chi connectivity index (χ2n) is 7.12. The maximum absolute atomic E-state index is 11.9. The molecule has 6 heteroatoms. The minimum absolute atomic E-state index is 0.00520. The first-order valence-electron chi connectivity index (χ1n) is 7.18. The first kappa shape index (κ1) is 17.5. The predicted octanol–water partition coefficient (Wildman–Crippen LogP) is 2.41. The molecule has 0 unspecified atom stereocenters. The Balaban J connectivity index is 2.45. The van der Waals surface area contributed by atoms with Crippen molar-refractivity contribution in [3.8, 4) is 0 Å². The van der Waals surface area contributed by atoms with E-state index < -0.39 is 11.2 Å². The lowest BCUT2D eigenvalue weighted by Gasteiger charge is -2.23. The molecule has 1 amide bonds. The Morgan fingerprint density at radius 1 is 1.10 bits per heavy atom. The topological polar surface area (TPSA) is 68.2 Å². The number of hydrogen-bond acceptors (Lipinski definition) is 5. The number of esters is 1. The van der Waals surface area contributed by atoms with Crippen molar-refractivity contribution in [3.05, 3.63) is 0 Å². The summed E-state index contributed by atoms with van der Waals surface area (Å²) in [5.74, 6) is -0.356. The van der Waals surface area contributed by atoms with Crippen LogP contribution in [0, 0.1) is 0 Å². The van der Waals surface area contributed by atoms with Crippen LogP contribution in [0.1, 0.15) is 48.0 Å². The molecule has 1 rings (SSSR count). The van der Waals surface area contributed by atoms with Gasteiger partial charge in [-0.2, -0.15) is 0 Å². The van der Waals surface area contributed by atoms with Gasteiger partial charge in [-0.05, 0) is 41.5 Å². The van der Waals surface area contributed by atoms with Gasteiger partial charge >= 0.3 is 12.1 Å². The fourth-order valence-corrected chi connectivity index (χ4v) is 1.80. The number of nitrogens with zero attached hydrogens (tertiary/aromatic N) is 2. The molecule has 0 aliphatic carbocycles. The van der Waals surface area contributed by atoms with Gasteiger partial charge in [0.15, 0.2) is 0 Å². The lowest BCUT2D eigenvalue weighted by atomic mass is 10.2.